The normalized spacial score (nSPS) is 10.8. The molecule has 6 heteroatoms. The summed E-state index contributed by atoms with van der Waals surface area (Å²) in [6.45, 7) is 0.457. The molecule has 0 saturated heterocycles. The van der Waals surface area contributed by atoms with E-state index in [1.54, 1.807) is 19.2 Å². The quantitative estimate of drug-likeness (QED) is 0.715. The Kier molecular flexibility index (Phi) is 5.02. The van der Waals surface area contributed by atoms with Crippen molar-refractivity contribution in [3.05, 3.63) is 63.7 Å². The molecule has 0 aliphatic rings. The number of hydrogen-bond acceptors (Lipinski definition) is 3. The molecule has 0 saturated carbocycles. The number of benzene rings is 2. The minimum atomic E-state index is -0.268. The SMILES string of the molecule is COc1ccc2sc(C(=O)NCCc3ccc(F)cc3)c(Cl)c2c1. The lowest BCUT2D eigenvalue weighted by atomic mass is 10.1. The number of carbonyl (C=O) groups is 1. The zero-order valence-corrected chi connectivity index (χ0v) is 14.5. The molecule has 1 heterocycles. The van der Waals surface area contributed by atoms with Gasteiger partial charge in [-0.05, 0) is 42.3 Å². The number of hydrogen-bond donors (Lipinski definition) is 1. The van der Waals surface area contributed by atoms with E-state index in [1.807, 2.05) is 18.2 Å². The number of amides is 1. The van der Waals surface area contributed by atoms with E-state index in [9.17, 15) is 9.18 Å². The Hall–Kier alpha value is -2.11. The maximum Gasteiger partial charge on any atom is 0.262 e. The van der Waals surface area contributed by atoms with Gasteiger partial charge in [0.05, 0.1) is 12.1 Å². The van der Waals surface area contributed by atoms with Gasteiger partial charge in [0.1, 0.15) is 16.4 Å². The average molecular weight is 364 g/mol. The topological polar surface area (TPSA) is 38.3 Å². The Labute approximate surface area is 148 Å². The number of thiophene rings is 1. The molecule has 0 aliphatic carbocycles. The Morgan fingerprint density at radius 1 is 1.25 bits per heavy atom. The molecular weight excluding hydrogens is 349 g/mol. The van der Waals surface area contributed by atoms with Crippen LogP contribution in [0.15, 0.2) is 42.5 Å². The third-order valence-corrected chi connectivity index (χ3v) is 5.33. The van der Waals surface area contributed by atoms with E-state index in [4.69, 9.17) is 16.3 Å². The van der Waals surface area contributed by atoms with Gasteiger partial charge >= 0.3 is 0 Å². The summed E-state index contributed by atoms with van der Waals surface area (Å²) in [5.74, 6) is 0.225. The van der Waals surface area contributed by atoms with Crippen LogP contribution >= 0.6 is 22.9 Å². The average Bonchev–Trinajstić information content (AvgIpc) is 2.93. The zero-order chi connectivity index (χ0) is 17.1. The lowest BCUT2D eigenvalue weighted by Gasteiger charge is -2.04. The molecule has 2 aromatic carbocycles. The highest BCUT2D eigenvalue weighted by atomic mass is 35.5. The molecule has 0 unspecified atom stereocenters. The van der Waals surface area contributed by atoms with Gasteiger partial charge in [-0.25, -0.2) is 4.39 Å². The number of rotatable bonds is 5. The van der Waals surface area contributed by atoms with E-state index >= 15 is 0 Å². The van der Waals surface area contributed by atoms with Crippen LogP contribution in [-0.2, 0) is 6.42 Å². The summed E-state index contributed by atoms with van der Waals surface area (Å²) in [4.78, 5) is 12.8. The van der Waals surface area contributed by atoms with Crippen LogP contribution < -0.4 is 10.1 Å². The first-order valence-corrected chi connectivity index (χ1v) is 8.56. The van der Waals surface area contributed by atoms with Crippen LogP contribution in [0.3, 0.4) is 0 Å². The van der Waals surface area contributed by atoms with E-state index in [2.05, 4.69) is 5.32 Å². The van der Waals surface area contributed by atoms with Crippen molar-refractivity contribution in [2.45, 2.75) is 6.42 Å². The number of fused-ring (bicyclic) bond motifs is 1. The summed E-state index contributed by atoms with van der Waals surface area (Å²) in [5, 5.41) is 4.10. The summed E-state index contributed by atoms with van der Waals surface area (Å²) in [6.07, 6.45) is 0.627. The number of halogens is 2. The van der Waals surface area contributed by atoms with Crippen LogP contribution in [0, 0.1) is 5.82 Å². The molecule has 3 rings (SSSR count). The third-order valence-electron chi connectivity index (χ3n) is 3.65. The predicted molar refractivity (Wildman–Crippen MR) is 95.8 cm³/mol. The molecule has 24 heavy (non-hydrogen) atoms. The molecule has 0 bridgehead atoms. The molecule has 1 amide bonds. The van der Waals surface area contributed by atoms with Crippen molar-refractivity contribution >= 4 is 38.9 Å². The number of ether oxygens (including phenoxy) is 1. The largest absolute Gasteiger partial charge is 0.497 e. The van der Waals surface area contributed by atoms with E-state index in [0.29, 0.717) is 28.6 Å². The van der Waals surface area contributed by atoms with Crippen molar-refractivity contribution in [1.29, 1.82) is 0 Å². The Balaban J connectivity index is 1.69. The molecule has 0 aliphatic heterocycles. The standard InChI is InChI=1S/C18H15ClFNO2S/c1-23-13-6-7-15-14(10-13)16(19)17(24-15)18(22)21-9-8-11-2-4-12(20)5-3-11/h2-7,10H,8-9H2,1H3,(H,21,22). The fraction of sp³-hybridized carbons (Fsp3) is 0.167. The lowest BCUT2D eigenvalue weighted by Crippen LogP contribution is -2.25. The maximum atomic E-state index is 12.9. The van der Waals surface area contributed by atoms with Crippen molar-refractivity contribution in [1.82, 2.24) is 5.32 Å². The second kappa shape index (κ2) is 7.20. The molecule has 3 aromatic rings. The van der Waals surface area contributed by atoms with E-state index in [-0.39, 0.29) is 11.7 Å². The molecule has 1 aromatic heterocycles. The van der Waals surface area contributed by atoms with Gasteiger partial charge in [-0.3, -0.25) is 4.79 Å². The van der Waals surface area contributed by atoms with Gasteiger partial charge in [0.2, 0.25) is 0 Å². The fourth-order valence-electron chi connectivity index (χ4n) is 2.37. The zero-order valence-electron chi connectivity index (χ0n) is 12.9. The number of nitrogens with one attached hydrogen (secondary N) is 1. The predicted octanol–water partition coefficient (Wildman–Crippen LogP) is 4.67. The van der Waals surface area contributed by atoms with Crippen molar-refractivity contribution in [2.24, 2.45) is 0 Å². The maximum absolute atomic E-state index is 12.9. The molecule has 1 N–H and O–H groups in total. The molecule has 0 radical (unpaired) electrons. The first-order chi connectivity index (χ1) is 11.6. The number of methoxy groups -OCH3 is 1. The van der Waals surface area contributed by atoms with Gasteiger partial charge in [0.25, 0.3) is 5.91 Å². The molecule has 124 valence electrons. The Bertz CT molecular complexity index is 877. The van der Waals surface area contributed by atoms with Crippen LogP contribution in [0.2, 0.25) is 5.02 Å². The lowest BCUT2D eigenvalue weighted by molar-refractivity contribution is 0.0958. The van der Waals surface area contributed by atoms with Crippen LogP contribution in [0.25, 0.3) is 10.1 Å². The van der Waals surface area contributed by atoms with Crippen LogP contribution in [0.4, 0.5) is 4.39 Å². The first kappa shape index (κ1) is 16.7. The summed E-state index contributed by atoms with van der Waals surface area (Å²) in [6, 6.07) is 11.8. The molecule has 0 spiro atoms. The van der Waals surface area contributed by atoms with E-state index in [0.717, 1.165) is 15.6 Å². The molecular formula is C18H15ClFNO2S. The minimum Gasteiger partial charge on any atom is -0.497 e. The summed E-state index contributed by atoms with van der Waals surface area (Å²) >= 11 is 7.70. The van der Waals surface area contributed by atoms with E-state index in [1.165, 1.54) is 23.5 Å². The van der Waals surface area contributed by atoms with Gasteiger partial charge < -0.3 is 10.1 Å². The summed E-state index contributed by atoms with van der Waals surface area (Å²) < 4.78 is 19.0. The number of carbonyl (C=O) groups excluding carboxylic acids is 1. The molecule has 3 nitrogen and oxygen atoms in total. The van der Waals surface area contributed by atoms with Gasteiger partial charge in [0, 0.05) is 16.6 Å². The van der Waals surface area contributed by atoms with Gasteiger partial charge in [-0.2, -0.15) is 0 Å². The van der Waals surface area contributed by atoms with Crippen molar-refractivity contribution < 1.29 is 13.9 Å². The van der Waals surface area contributed by atoms with Crippen molar-refractivity contribution in [2.75, 3.05) is 13.7 Å². The minimum absolute atomic E-state index is 0.206. The highest BCUT2D eigenvalue weighted by Gasteiger charge is 2.17. The third kappa shape index (κ3) is 3.52. The van der Waals surface area contributed by atoms with E-state index < -0.39 is 0 Å². The molecule has 0 atom stereocenters. The first-order valence-electron chi connectivity index (χ1n) is 7.37. The fourth-order valence-corrected chi connectivity index (χ4v) is 3.78. The summed E-state index contributed by atoms with van der Waals surface area (Å²) in [7, 11) is 1.59. The molecule has 0 fully saturated rings. The van der Waals surface area contributed by atoms with Crippen LogP contribution in [-0.4, -0.2) is 19.6 Å². The smallest absolute Gasteiger partial charge is 0.262 e. The second-order valence-electron chi connectivity index (χ2n) is 5.24. The summed E-state index contributed by atoms with van der Waals surface area (Å²) in [5.41, 5.74) is 0.962. The van der Waals surface area contributed by atoms with Crippen LogP contribution in [0.5, 0.6) is 5.75 Å². The highest BCUT2D eigenvalue weighted by Crippen LogP contribution is 2.37. The Morgan fingerprint density at radius 3 is 2.71 bits per heavy atom. The van der Waals surface area contributed by atoms with Gasteiger partial charge in [-0.15, -0.1) is 11.3 Å². The van der Waals surface area contributed by atoms with Gasteiger partial charge in [-0.1, -0.05) is 23.7 Å². The van der Waals surface area contributed by atoms with Crippen molar-refractivity contribution in [3.8, 4) is 5.75 Å². The highest BCUT2D eigenvalue weighted by molar-refractivity contribution is 7.21. The van der Waals surface area contributed by atoms with Gasteiger partial charge in [0.15, 0.2) is 0 Å². The van der Waals surface area contributed by atoms with Crippen LogP contribution in [0.1, 0.15) is 15.2 Å². The Morgan fingerprint density at radius 2 is 2.00 bits per heavy atom. The van der Waals surface area contributed by atoms with Crippen molar-refractivity contribution in [3.63, 3.8) is 0 Å². The monoisotopic (exact) mass is 363 g/mol. The second-order valence-corrected chi connectivity index (χ2v) is 6.67.